The number of aromatic nitrogens is 2. The molecular formula is C23H19N3O5. The molecule has 0 radical (unpaired) electrons. The zero-order chi connectivity index (χ0) is 21.2. The Kier molecular flexibility index (Phi) is 4.87. The van der Waals surface area contributed by atoms with Gasteiger partial charge in [0.25, 0.3) is 5.91 Å². The third kappa shape index (κ3) is 3.63. The monoisotopic (exact) mass is 417 g/mol. The Morgan fingerprint density at radius 1 is 1.10 bits per heavy atom. The molecule has 1 aliphatic rings. The highest BCUT2D eigenvalue weighted by atomic mass is 16.6. The van der Waals surface area contributed by atoms with Crippen LogP contribution in [0.4, 0.5) is 5.69 Å². The topological polar surface area (TPSA) is 95.7 Å². The zero-order valence-electron chi connectivity index (χ0n) is 16.8. The Morgan fingerprint density at radius 3 is 2.84 bits per heavy atom. The number of hydrogen-bond donors (Lipinski definition) is 1. The van der Waals surface area contributed by atoms with E-state index in [4.69, 9.17) is 18.7 Å². The molecule has 0 aliphatic carbocycles. The van der Waals surface area contributed by atoms with E-state index in [1.807, 2.05) is 37.3 Å². The Balaban J connectivity index is 1.40. The number of ether oxygens (including phenoxy) is 3. The summed E-state index contributed by atoms with van der Waals surface area (Å²) in [6.45, 7) is 3.45. The van der Waals surface area contributed by atoms with E-state index in [1.54, 1.807) is 24.4 Å². The van der Waals surface area contributed by atoms with Gasteiger partial charge >= 0.3 is 0 Å². The maximum atomic E-state index is 12.8. The number of carbonyl (C=O) groups excluding carboxylic acids is 1. The fourth-order valence-electron chi connectivity index (χ4n) is 3.43. The van der Waals surface area contributed by atoms with Crippen LogP contribution in [0.15, 0.2) is 59.3 Å². The predicted octanol–water partition coefficient (Wildman–Crippen LogP) is 4.31. The number of nitrogens with zero attached hydrogens (tertiary/aromatic N) is 2. The molecule has 8 heteroatoms. The summed E-state index contributed by atoms with van der Waals surface area (Å²) in [5, 5.41) is 7.59. The van der Waals surface area contributed by atoms with Crippen molar-refractivity contribution in [2.45, 2.75) is 6.92 Å². The molecule has 1 aliphatic heterocycles. The van der Waals surface area contributed by atoms with Crippen molar-refractivity contribution in [1.82, 2.24) is 10.1 Å². The second kappa shape index (κ2) is 7.98. The number of hydrogen-bond acceptors (Lipinski definition) is 7. The summed E-state index contributed by atoms with van der Waals surface area (Å²) in [4.78, 5) is 17.2. The first kappa shape index (κ1) is 18.9. The van der Waals surface area contributed by atoms with E-state index in [9.17, 15) is 4.79 Å². The van der Waals surface area contributed by atoms with Crippen LogP contribution in [0, 0.1) is 0 Å². The molecule has 1 amide bonds. The van der Waals surface area contributed by atoms with Gasteiger partial charge < -0.3 is 24.1 Å². The highest BCUT2D eigenvalue weighted by Gasteiger charge is 2.18. The summed E-state index contributed by atoms with van der Waals surface area (Å²) < 4.78 is 22.2. The summed E-state index contributed by atoms with van der Waals surface area (Å²) >= 11 is 0. The molecule has 0 bridgehead atoms. The Hall–Kier alpha value is -4.07. The number of anilines is 1. The van der Waals surface area contributed by atoms with Gasteiger partial charge in [0.1, 0.15) is 24.5 Å². The summed E-state index contributed by atoms with van der Waals surface area (Å²) in [7, 11) is 0. The summed E-state index contributed by atoms with van der Waals surface area (Å²) in [6, 6.07) is 14.3. The lowest BCUT2D eigenvalue weighted by molar-refractivity contribution is 0.101. The second-order valence-corrected chi connectivity index (χ2v) is 6.83. The van der Waals surface area contributed by atoms with Gasteiger partial charge in [0.2, 0.25) is 0 Å². The molecule has 1 N–H and O–H groups in total. The first-order valence-electron chi connectivity index (χ1n) is 9.91. The Morgan fingerprint density at radius 2 is 1.97 bits per heavy atom. The van der Waals surface area contributed by atoms with Crippen LogP contribution in [0.3, 0.4) is 0 Å². The smallest absolute Gasteiger partial charge is 0.277 e. The van der Waals surface area contributed by atoms with Crippen molar-refractivity contribution in [1.29, 1.82) is 0 Å². The molecule has 0 saturated heterocycles. The van der Waals surface area contributed by atoms with Gasteiger partial charge in [-0.1, -0.05) is 5.16 Å². The van der Waals surface area contributed by atoms with E-state index < -0.39 is 0 Å². The van der Waals surface area contributed by atoms with E-state index in [0.717, 1.165) is 10.9 Å². The first-order chi connectivity index (χ1) is 15.2. The van der Waals surface area contributed by atoms with Crippen LogP contribution in [0.2, 0.25) is 0 Å². The Labute approximate surface area is 177 Å². The molecule has 0 unspecified atom stereocenters. The third-order valence-corrected chi connectivity index (χ3v) is 4.85. The largest absolute Gasteiger partial charge is 0.492 e. The summed E-state index contributed by atoms with van der Waals surface area (Å²) in [6.07, 6.45) is 1.69. The number of nitrogens with one attached hydrogen (secondary N) is 1. The molecule has 2 aromatic carbocycles. The lowest BCUT2D eigenvalue weighted by Crippen LogP contribution is -2.15. The maximum Gasteiger partial charge on any atom is 0.277 e. The zero-order valence-corrected chi connectivity index (χ0v) is 16.8. The molecule has 5 rings (SSSR count). The minimum atomic E-state index is -0.387. The van der Waals surface area contributed by atoms with Gasteiger partial charge in [-0.05, 0) is 49.4 Å². The second-order valence-electron chi connectivity index (χ2n) is 6.83. The van der Waals surface area contributed by atoms with Crippen LogP contribution < -0.4 is 19.5 Å². The standard InChI is InChI=1S/C23H19N3O5/c1-2-28-19-8-6-16(15-4-3-9-24-22(15)19)25-23(27)17-13-20(31-26-17)14-5-7-18-21(12-14)30-11-10-29-18/h3-9,12-13H,2,10-11H2,1H3,(H,25,27). The molecule has 0 atom stereocenters. The number of pyridine rings is 1. The lowest BCUT2D eigenvalue weighted by atomic mass is 10.1. The van der Waals surface area contributed by atoms with Crippen LogP contribution in [0.5, 0.6) is 17.2 Å². The van der Waals surface area contributed by atoms with Crippen LogP contribution in [0.1, 0.15) is 17.4 Å². The van der Waals surface area contributed by atoms with Gasteiger partial charge in [-0.15, -0.1) is 0 Å². The van der Waals surface area contributed by atoms with Gasteiger partial charge in [0.05, 0.1) is 12.3 Å². The lowest BCUT2D eigenvalue weighted by Gasteiger charge is -2.18. The van der Waals surface area contributed by atoms with E-state index in [2.05, 4.69) is 15.5 Å². The van der Waals surface area contributed by atoms with Crippen LogP contribution in [-0.2, 0) is 0 Å². The molecule has 8 nitrogen and oxygen atoms in total. The van der Waals surface area contributed by atoms with Crippen molar-refractivity contribution in [2.75, 3.05) is 25.1 Å². The molecule has 4 aromatic rings. The molecule has 156 valence electrons. The fourth-order valence-corrected chi connectivity index (χ4v) is 3.43. The summed E-state index contributed by atoms with van der Waals surface area (Å²) in [5.41, 5.74) is 2.20. The normalized spacial score (nSPS) is 12.5. The van der Waals surface area contributed by atoms with Crippen molar-refractivity contribution in [2.24, 2.45) is 0 Å². The average molecular weight is 417 g/mol. The van der Waals surface area contributed by atoms with E-state index in [0.29, 0.717) is 54.0 Å². The fraction of sp³-hybridized carbons (Fsp3) is 0.174. The SMILES string of the molecule is CCOc1ccc(NC(=O)c2cc(-c3ccc4c(c3)OCCO4)on2)c2cccnc12. The van der Waals surface area contributed by atoms with Gasteiger partial charge in [-0.25, -0.2) is 0 Å². The number of amides is 1. The van der Waals surface area contributed by atoms with Crippen molar-refractivity contribution in [3.63, 3.8) is 0 Å². The molecule has 0 spiro atoms. The highest BCUT2D eigenvalue weighted by molar-refractivity contribution is 6.08. The number of carbonyl (C=O) groups is 1. The highest BCUT2D eigenvalue weighted by Crippen LogP contribution is 2.35. The molecule has 0 fully saturated rings. The van der Waals surface area contributed by atoms with Crippen LogP contribution in [-0.4, -0.2) is 35.9 Å². The van der Waals surface area contributed by atoms with Gasteiger partial charge in [0, 0.05) is 23.2 Å². The van der Waals surface area contributed by atoms with Crippen LogP contribution >= 0.6 is 0 Å². The number of fused-ring (bicyclic) bond motifs is 2. The first-order valence-corrected chi connectivity index (χ1v) is 9.91. The van der Waals surface area contributed by atoms with E-state index in [1.165, 1.54) is 0 Å². The van der Waals surface area contributed by atoms with Crippen molar-refractivity contribution < 1.29 is 23.5 Å². The van der Waals surface area contributed by atoms with Crippen molar-refractivity contribution in [3.8, 4) is 28.6 Å². The van der Waals surface area contributed by atoms with Gasteiger partial charge in [0.15, 0.2) is 23.0 Å². The van der Waals surface area contributed by atoms with Gasteiger partial charge in [-0.2, -0.15) is 0 Å². The van der Waals surface area contributed by atoms with E-state index >= 15 is 0 Å². The predicted molar refractivity (Wildman–Crippen MR) is 114 cm³/mol. The van der Waals surface area contributed by atoms with Crippen molar-refractivity contribution >= 4 is 22.5 Å². The maximum absolute atomic E-state index is 12.8. The molecule has 2 aromatic heterocycles. The Bertz CT molecular complexity index is 1270. The number of rotatable bonds is 5. The molecule has 0 saturated carbocycles. The molecule has 31 heavy (non-hydrogen) atoms. The van der Waals surface area contributed by atoms with Crippen LogP contribution in [0.25, 0.3) is 22.2 Å². The number of benzene rings is 2. The quantitative estimate of drug-likeness (QED) is 0.517. The third-order valence-electron chi connectivity index (χ3n) is 4.85. The van der Waals surface area contributed by atoms with Crippen molar-refractivity contribution in [3.05, 3.63) is 60.4 Å². The van der Waals surface area contributed by atoms with E-state index in [-0.39, 0.29) is 11.6 Å². The molecular weight excluding hydrogens is 398 g/mol. The minimum Gasteiger partial charge on any atom is -0.492 e. The van der Waals surface area contributed by atoms with Gasteiger partial charge in [-0.3, -0.25) is 9.78 Å². The summed E-state index contributed by atoms with van der Waals surface area (Å²) in [5.74, 6) is 2.06. The molecule has 3 heterocycles. The average Bonchev–Trinajstić information content (AvgIpc) is 3.31. The minimum absolute atomic E-state index is 0.163.